The van der Waals surface area contributed by atoms with E-state index < -0.39 is 19.3 Å². The molecule has 0 saturated heterocycles. The van der Waals surface area contributed by atoms with E-state index in [0.29, 0.717) is 29.1 Å². The van der Waals surface area contributed by atoms with Crippen molar-refractivity contribution in [1.29, 1.82) is 0 Å². The van der Waals surface area contributed by atoms with Crippen molar-refractivity contribution in [2.45, 2.75) is 38.5 Å². The molecule has 0 amide bonds. The summed E-state index contributed by atoms with van der Waals surface area (Å²) in [5.74, 6) is 0.148. The molecule has 2 aromatic rings. The lowest BCUT2D eigenvalue weighted by atomic mass is 9.83. The van der Waals surface area contributed by atoms with Crippen LogP contribution in [0.25, 0.3) is 6.08 Å². The SMILES string of the molecule is FC(F)Oc1ccccc1/C=C1\CCCC2=C1NC(=S)N[C@@H]2c1ccccc1OC(F)F. The lowest BCUT2D eigenvalue weighted by Crippen LogP contribution is -2.45. The van der Waals surface area contributed by atoms with Crippen molar-refractivity contribution in [2.75, 3.05) is 0 Å². The van der Waals surface area contributed by atoms with Gasteiger partial charge in [-0.15, -0.1) is 0 Å². The third-order valence-electron chi connectivity index (χ3n) is 5.31. The van der Waals surface area contributed by atoms with Crippen LogP contribution in [0.15, 0.2) is 65.4 Å². The Morgan fingerprint density at radius 2 is 1.56 bits per heavy atom. The number of alkyl halides is 4. The first-order chi connectivity index (χ1) is 15.4. The van der Waals surface area contributed by atoms with Crippen LogP contribution in [-0.4, -0.2) is 18.3 Å². The van der Waals surface area contributed by atoms with Crippen molar-refractivity contribution in [3.8, 4) is 11.5 Å². The smallest absolute Gasteiger partial charge is 0.387 e. The van der Waals surface area contributed by atoms with Gasteiger partial charge in [0.05, 0.1) is 6.04 Å². The van der Waals surface area contributed by atoms with Crippen LogP contribution >= 0.6 is 12.2 Å². The maximum absolute atomic E-state index is 12.9. The summed E-state index contributed by atoms with van der Waals surface area (Å²) in [6.07, 6.45) is 4.00. The molecule has 2 aliphatic rings. The van der Waals surface area contributed by atoms with Gasteiger partial charge in [0.2, 0.25) is 0 Å². The van der Waals surface area contributed by atoms with Crippen LogP contribution in [0.2, 0.25) is 0 Å². The average molecular weight is 464 g/mol. The minimum Gasteiger partial charge on any atom is -0.434 e. The first-order valence-electron chi connectivity index (χ1n) is 10.0. The molecule has 2 N–H and O–H groups in total. The van der Waals surface area contributed by atoms with E-state index in [-0.39, 0.29) is 11.5 Å². The lowest BCUT2D eigenvalue weighted by Gasteiger charge is -2.36. The molecule has 0 saturated carbocycles. The molecule has 0 aromatic heterocycles. The number of halogens is 4. The Morgan fingerprint density at radius 1 is 0.906 bits per heavy atom. The highest BCUT2D eigenvalue weighted by Gasteiger charge is 2.32. The van der Waals surface area contributed by atoms with E-state index in [1.54, 1.807) is 42.5 Å². The number of nitrogens with one attached hydrogen (secondary N) is 2. The van der Waals surface area contributed by atoms with Gasteiger partial charge in [0.25, 0.3) is 0 Å². The summed E-state index contributed by atoms with van der Waals surface area (Å²) in [7, 11) is 0. The highest BCUT2D eigenvalue weighted by Crippen LogP contribution is 2.41. The van der Waals surface area contributed by atoms with Gasteiger partial charge in [0.1, 0.15) is 11.5 Å². The number of thiocarbonyl (C=S) groups is 1. The van der Waals surface area contributed by atoms with Crippen LogP contribution < -0.4 is 20.1 Å². The van der Waals surface area contributed by atoms with Crippen molar-refractivity contribution in [1.82, 2.24) is 10.6 Å². The second-order valence-electron chi connectivity index (χ2n) is 7.29. The lowest BCUT2D eigenvalue weighted by molar-refractivity contribution is -0.0510. The summed E-state index contributed by atoms with van der Waals surface area (Å²) in [6.45, 7) is -5.89. The Kier molecular flexibility index (Phi) is 6.64. The fourth-order valence-corrected chi connectivity index (χ4v) is 4.29. The summed E-state index contributed by atoms with van der Waals surface area (Å²) in [6, 6.07) is 12.7. The summed E-state index contributed by atoms with van der Waals surface area (Å²) >= 11 is 5.39. The minimum atomic E-state index is -2.95. The molecule has 168 valence electrons. The predicted molar refractivity (Wildman–Crippen MR) is 117 cm³/mol. The fourth-order valence-electron chi connectivity index (χ4n) is 4.07. The monoisotopic (exact) mass is 464 g/mol. The van der Waals surface area contributed by atoms with Crippen LogP contribution in [0, 0.1) is 0 Å². The van der Waals surface area contributed by atoms with Crippen molar-refractivity contribution in [3.63, 3.8) is 0 Å². The van der Waals surface area contributed by atoms with Crippen molar-refractivity contribution >= 4 is 23.4 Å². The maximum atomic E-state index is 12.9. The molecule has 1 aliphatic heterocycles. The first-order valence-corrected chi connectivity index (χ1v) is 10.4. The molecule has 2 aromatic carbocycles. The average Bonchev–Trinajstić information content (AvgIpc) is 2.75. The molecule has 9 heteroatoms. The molecule has 0 unspecified atom stereocenters. The zero-order valence-corrected chi connectivity index (χ0v) is 17.6. The number of ether oxygens (including phenoxy) is 2. The molecule has 1 aliphatic carbocycles. The van der Waals surface area contributed by atoms with E-state index in [1.807, 2.05) is 0 Å². The van der Waals surface area contributed by atoms with Gasteiger partial charge < -0.3 is 20.1 Å². The molecule has 0 spiro atoms. The van der Waals surface area contributed by atoms with Crippen LogP contribution in [0.3, 0.4) is 0 Å². The molecule has 0 fully saturated rings. The molecule has 0 radical (unpaired) electrons. The second-order valence-corrected chi connectivity index (χ2v) is 7.70. The van der Waals surface area contributed by atoms with Gasteiger partial charge >= 0.3 is 13.2 Å². The van der Waals surface area contributed by atoms with E-state index in [9.17, 15) is 17.6 Å². The van der Waals surface area contributed by atoms with Gasteiger partial charge in [-0.3, -0.25) is 0 Å². The van der Waals surface area contributed by atoms with E-state index in [4.69, 9.17) is 17.0 Å². The van der Waals surface area contributed by atoms with Gasteiger partial charge in [-0.05, 0) is 60.8 Å². The van der Waals surface area contributed by atoms with Crippen LogP contribution in [0.5, 0.6) is 11.5 Å². The third-order valence-corrected chi connectivity index (χ3v) is 5.53. The third kappa shape index (κ3) is 4.88. The highest BCUT2D eigenvalue weighted by molar-refractivity contribution is 7.80. The number of para-hydroxylation sites is 2. The van der Waals surface area contributed by atoms with Gasteiger partial charge in [0.15, 0.2) is 5.11 Å². The molecule has 32 heavy (non-hydrogen) atoms. The number of rotatable bonds is 6. The summed E-state index contributed by atoms with van der Waals surface area (Å²) in [4.78, 5) is 0. The van der Waals surface area contributed by atoms with E-state index in [0.717, 1.165) is 23.3 Å². The Bertz CT molecular complexity index is 1070. The molecule has 1 heterocycles. The number of benzene rings is 2. The van der Waals surface area contributed by atoms with Crippen molar-refractivity contribution < 1.29 is 27.0 Å². The molecule has 4 nitrogen and oxygen atoms in total. The number of hydrogen-bond donors (Lipinski definition) is 2. The van der Waals surface area contributed by atoms with Crippen molar-refractivity contribution in [2.24, 2.45) is 0 Å². The van der Waals surface area contributed by atoms with Gasteiger partial charge in [-0.1, -0.05) is 36.4 Å². The Labute approximate surface area is 187 Å². The van der Waals surface area contributed by atoms with E-state index in [2.05, 4.69) is 15.4 Å². The molecular weight excluding hydrogens is 444 g/mol. The predicted octanol–water partition coefficient (Wildman–Crippen LogP) is 5.93. The normalized spacial score (nSPS) is 19.6. The quantitative estimate of drug-likeness (QED) is 0.410. The molecule has 4 rings (SSSR count). The topological polar surface area (TPSA) is 42.5 Å². The zero-order chi connectivity index (χ0) is 22.7. The molecule has 0 bridgehead atoms. The maximum Gasteiger partial charge on any atom is 0.387 e. The van der Waals surface area contributed by atoms with Crippen LogP contribution in [0.4, 0.5) is 17.6 Å². The number of allylic oxidation sites excluding steroid dienone is 1. The second kappa shape index (κ2) is 9.60. The largest absolute Gasteiger partial charge is 0.434 e. The Morgan fingerprint density at radius 3 is 2.31 bits per heavy atom. The molecular formula is C23H20F4N2O2S. The fraction of sp³-hybridized carbons (Fsp3) is 0.261. The summed E-state index contributed by atoms with van der Waals surface area (Å²) < 4.78 is 60.9. The van der Waals surface area contributed by atoms with E-state index in [1.165, 1.54) is 12.1 Å². The van der Waals surface area contributed by atoms with Crippen molar-refractivity contribution in [3.05, 3.63) is 76.5 Å². The zero-order valence-electron chi connectivity index (χ0n) is 16.8. The minimum absolute atomic E-state index is 0.0725. The van der Waals surface area contributed by atoms with Crippen LogP contribution in [0.1, 0.15) is 36.4 Å². The summed E-state index contributed by atoms with van der Waals surface area (Å²) in [5.41, 5.74) is 3.64. The standard InChI is InChI=1S/C23H20F4N2O2S/c24-21(25)30-17-10-3-1-6-13(17)12-14-7-5-9-16-19(14)28-23(32)29-20(16)15-8-2-4-11-18(15)31-22(26)27/h1-4,6,8,10-12,20-22H,5,7,9H2,(H2,28,29,32)/b14-12+/t20-/m1/s1. The number of hydrogen-bond acceptors (Lipinski definition) is 3. The first kappa shape index (κ1) is 22.1. The van der Waals surface area contributed by atoms with Gasteiger partial charge in [-0.2, -0.15) is 17.6 Å². The van der Waals surface area contributed by atoms with Crippen LogP contribution in [-0.2, 0) is 0 Å². The van der Waals surface area contributed by atoms with Gasteiger partial charge in [0, 0.05) is 16.8 Å². The Hall–Kier alpha value is -3.07. The highest BCUT2D eigenvalue weighted by atomic mass is 32.1. The Balaban J connectivity index is 1.76. The van der Waals surface area contributed by atoms with E-state index >= 15 is 0 Å². The summed E-state index contributed by atoms with van der Waals surface area (Å²) in [5, 5.41) is 6.65. The van der Waals surface area contributed by atoms with Gasteiger partial charge in [-0.25, -0.2) is 0 Å². The molecule has 1 atom stereocenters.